The number of nitrogens with one attached hydrogen (secondary N) is 1. The van der Waals surface area contributed by atoms with Gasteiger partial charge >= 0.3 is 0 Å². The van der Waals surface area contributed by atoms with Crippen LogP contribution >= 0.6 is 0 Å². The number of benzene rings is 2. The highest BCUT2D eigenvalue weighted by molar-refractivity contribution is 7.89. The molecule has 20 heavy (non-hydrogen) atoms. The Morgan fingerprint density at radius 3 is 2.40 bits per heavy atom. The molecule has 0 radical (unpaired) electrons. The van der Waals surface area contributed by atoms with Gasteiger partial charge in [0, 0.05) is 13.1 Å². The van der Waals surface area contributed by atoms with Crippen LogP contribution in [-0.2, 0) is 10.0 Å². The second kappa shape index (κ2) is 5.91. The van der Waals surface area contributed by atoms with Gasteiger partial charge in [0.2, 0.25) is 10.0 Å². The van der Waals surface area contributed by atoms with Gasteiger partial charge in [-0.05, 0) is 43.9 Å². The number of hydrogen-bond donors (Lipinski definition) is 1. The molecule has 0 saturated heterocycles. The van der Waals surface area contributed by atoms with Gasteiger partial charge < -0.3 is 4.90 Å². The Bertz CT molecular complexity index is 709. The normalized spacial score (nSPS) is 12.2. The van der Waals surface area contributed by atoms with Crippen molar-refractivity contribution in [2.24, 2.45) is 0 Å². The first-order chi connectivity index (χ1) is 9.38. The summed E-state index contributed by atoms with van der Waals surface area (Å²) in [5.74, 6) is 0. The third kappa shape index (κ3) is 3.56. The molecule has 2 aromatic rings. The molecule has 2 aromatic carbocycles. The SMILES string of the molecule is Cc1ccc2cc(S(=O)(=O)NCCN(C)C)ccc2c1. The van der Waals surface area contributed by atoms with E-state index in [0.717, 1.165) is 16.3 Å². The Balaban J connectivity index is 2.25. The Labute approximate surface area is 120 Å². The summed E-state index contributed by atoms with van der Waals surface area (Å²) in [6, 6.07) is 11.2. The molecule has 0 bridgehead atoms. The fraction of sp³-hybridized carbons (Fsp3) is 0.333. The summed E-state index contributed by atoms with van der Waals surface area (Å²) in [7, 11) is 0.385. The van der Waals surface area contributed by atoms with Gasteiger partial charge in [-0.1, -0.05) is 29.8 Å². The summed E-state index contributed by atoms with van der Waals surface area (Å²) < 4.78 is 27.0. The fourth-order valence-electron chi connectivity index (χ4n) is 2.00. The zero-order valence-corrected chi connectivity index (χ0v) is 12.9. The van der Waals surface area contributed by atoms with E-state index in [1.54, 1.807) is 12.1 Å². The van der Waals surface area contributed by atoms with E-state index in [-0.39, 0.29) is 0 Å². The molecule has 1 N–H and O–H groups in total. The number of rotatable bonds is 5. The summed E-state index contributed by atoms with van der Waals surface area (Å²) in [6.45, 7) is 3.10. The zero-order chi connectivity index (χ0) is 14.8. The van der Waals surface area contributed by atoms with Crippen LogP contribution < -0.4 is 4.72 Å². The fourth-order valence-corrected chi connectivity index (χ4v) is 3.05. The molecule has 0 aliphatic heterocycles. The number of likely N-dealkylation sites (N-methyl/N-ethyl adjacent to an activating group) is 1. The Morgan fingerprint density at radius 2 is 1.70 bits per heavy atom. The second-order valence-corrected chi connectivity index (χ2v) is 6.98. The van der Waals surface area contributed by atoms with Crippen LogP contribution in [0.5, 0.6) is 0 Å². The number of fused-ring (bicyclic) bond motifs is 1. The van der Waals surface area contributed by atoms with E-state index >= 15 is 0 Å². The van der Waals surface area contributed by atoms with Crippen molar-refractivity contribution in [3.63, 3.8) is 0 Å². The maximum absolute atomic E-state index is 12.2. The largest absolute Gasteiger partial charge is 0.308 e. The minimum Gasteiger partial charge on any atom is -0.308 e. The van der Waals surface area contributed by atoms with Gasteiger partial charge in [0.1, 0.15) is 0 Å². The maximum Gasteiger partial charge on any atom is 0.240 e. The van der Waals surface area contributed by atoms with Crippen LogP contribution in [0.3, 0.4) is 0 Å². The Kier molecular flexibility index (Phi) is 4.42. The van der Waals surface area contributed by atoms with Crippen LogP contribution in [0, 0.1) is 6.92 Å². The Hall–Kier alpha value is -1.43. The van der Waals surface area contributed by atoms with Crippen molar-refractivity contribution >= 4 is 20.8 Å². The third-order valence-corrected chi connectivity index (χ3v) is 4.59. The van der Waals surface area contributed by atoms with Crippen molar-refractivity contribution < 1.29 is 8.42 Å². The average molecular weight is 292 g/mol. The molecule has 4 nitrogen and oxygen atoms in total. The lowest BCUT2D eigenvalue weighted by atomic mass is 10.1. The average Bonchev–Trinajstić information content (AvgIpc) is 2.37. The molecule has 0 aromatic heterocycles. The first kappa shape index (κ1) is 15.0. The van der Waals surface area contributed by atoms with E-state index in [0.29, 0.717) is 18.0 Å². The van der Waals surface area contributed by atoms with Gasteiger partial charge in [0.15, 0.2) is 0 Å². The highest BCUT2D eigenvalue weighted by atomic mass is 32.2. The molecule has 0 amide bonds. The Morgan fingerprint density at radius 1 is 1.05 bits per heavy atom. The van der Waals surface area contributed by atoms with Gasteiger partial charge in [0.05, 0.1) is 4.90 Å². The van der Waals surface area contributed by atoms with Crippen molar-refractivity contribution in [3.05, 3.63) is 42.0 Å². The maximum atomic E-state index is 12.2. The standard InChI is InChI=1S/C15H20N2O2S/c1-12-4-5-14-11-15(7-6-13(14)10-12)20(18,19)16-8-9-17(2)3/h4-7,10-11,16H,8-9H2,1-3H3. The van der Waals surface area contributed by atoms with E-state index in [1.165, 1.54) is 0 Å². The number of hydrogen-bond acceptors (Lipinski definition) is 3. The van der Waals surface area contributed by atoms with Crippen molar-refractivity contribution in [3.8, 4) is 0 Å². The topological polar surface area (TPSA) is 49.4 Å². The number of aryl methyl sites for hydroxylation is 1. The quantitative estimate of drug-likeness (QED) is 0.917. The highest BCUT2D eigenvalue weighted by Crippen LogP contribution is 2.20. The van der Waals surface area contributed by atoms with Gasteiger partial charge in [0.25, 0.3) is 0 Å². The molecule has 2 rings (SSSR count). The van der Waals surface area contributed by atoms with Crippen LogP contribution in [-0.4, -0.2) is 40.5 Å². The van der Waals surface area contributed by atoms with Crippen molar-refractivity contribution in [1.82, 2.24) is 9.62 Å². The molecule has 0 aliphatic carbocycles. The van der Waals surface area contributed by atoms with E-state index < -0.39 is 10.0 Å². The van der Waals surface area contributed by atoms with Crippen molar-refractivity contribution in [2.75, 3.05) is 27.2 Å². The summed E-state index contributed by atoms with van der Waals surface area (Å²) in [4.78, 5) is 2.25. The summed E-state index contributed by atoms with van der Waals surface area (Å²) in [5.41, 5.74) is 1.16. The molecule has 0 saturated carbocycles. The lowest BCUT2D eigenvalue weighted by Crippen LogP contribution is -2.31. The summed E-state index contributed by atoms with van der Waals surface area (Å²) in [5, 5.41) is 1.99. The van der Waals surface area contributed by atoms with Crippen LogP contribution in [0.1, 0.15) is 5.56 Å². The lowest BCUT2D eigenvalue weighted by molar-refractivity contribution is 0.412. The van der Waals surface area contributed by atoms with Gasteiger partial charge in [-0.2, -0.15) is 0 Å². The minimum absolute atomic E-state index is 0.313. The molecule has 0 atom stereocenters. The van der Waals surface area contributed by atoms with Crippen LogP contribution in [0.15, 0.2) is 41.3 Å². The molecule has 0 heterocycles. The van der Waals surface area contributed by atoms with E-state index in [2.05, 4.69) is 4.72 Å². The molecule has 108 valence electrons. The number of sulfonamides is 1. The minimum atomic E-state index is -3.43. The predicted octanol–water partition coefficient (Wildman–Crippen LogP) is 1.99. The van der Waals surface area contributed by atoms with Gasteiger partial charge in [-0.15, -0.1) is 0 Å². The molecule has 0 spiro atoms. The van der Waals surface area contributed by atoms with Crippen molar-refractivity contribution in [1.29, 1.82) is 0 Å². The molecule has 0 unspecified atom stereocenters. The molecule has 5 heteroatoms. The van der Waals surface area contributed by atoms with Gasteiger partial charge in [-0.25, -0.2) is 13.1 Å². The van der Waals surface area contributed by atoms with Crippen LogP contribution in [0.4, 0.5) is 0 Å². The molecule has 0 fully saturated rings. The highest BCUT2D eigenvalue weighted by Gasteiger charge is 2.13. The van der Waals surface area contributed by atoms with Crippen molar-refractivity contribution in [2.45, 2.75) is 11.8 Å². The van der Waals surface area contributed by atoms with E-state index in [1.807, 2.05) is 50.2 Å². The molecule has 0 aliphatic rings. The molecular formula is C15H20N2O2S. The molecular weight excluding hydrogens is 272 g/mol. The predicted molar refractivity (Wildman–Crippen MR) is 82.4 cm³/mol. The first-order valence-corrected chi connectivity index (χ1v) is 8.02. The monoisotopic (exact) mass is 292 g/mol. The van der Waals surface area contributed by atoms with E-state index in [4.69, 9.17) is 0 Å². The summed E-state index contributed by atoms with van der Waals surface area (Å²) in [6.07, 6.45) is 0. The summed E-state index contributed by atoms with van der Waals surface area (Å²) >= 11 is 0. The van der Waals surface area contributed by atoms with Gasteiger partial charge in [-0.3, -0.25) is 0 Å². The first-order valence-electron chi connectivity index (χ1n) is 6.53. The third-order valence-electron chi connectivity index (χ3n) is 3.13. The smallest absolute Gasteiger partial charge is 0.240 e. The van der Waals surface area contributed by atoms with E-state index in [9.17, 15) is 8.42 Å². The van der Waals surface area contributed by atoms with Crippen LogP contribution in [0.2, 0.25) is 0 Å². The zero-order valence-electron chi connectivity index (χ0n) is 12.1. The number of nitrogens with zero attached hydrogens (tertiary/aromatic N) is 1. The second-order valence-electron chi connectivity index (χ2n) is 5.21. The lowest BCUT2D eigenvalue weighted by Gasteiger charge is -2.11. The van der Waals surface area contributed by atoms with Crippen LogP contribution in [0.25, 0.3) is 10.8 Å².